The fourth-order valence-corrected chi connectivity index (χ4v) is 6.47. The number of hydrogen-bond acceptors (Lipinski definition) is 9. The first-order valence-electron chi connectivity index (χ1n) is 14.9. The van der Waals surface area contributed by atoms with E-state index in [1.54, 1.807) is 27.7 Å². The Kier molecular flexibility index (Phi) is 14.5. The number of aliphatic carboxylic acids is 1. The summed E-state index contributed by atoms with van der Waals surface area (Å²) < 4.78 is 12.2. The van der Waals surface area contributed by atoms with Crippen molar-refractivity contribution >= 4 is 5.97 Å². The summed E-state index contributed by atoms with van der Waals surface area (Å²) in [6, 6.07) is -0.457. The zero-order valence-corrected chi connectivity index (χ0v) is 26.9. The van der Waals surface area contributed by atoms with Crippen LogP contribution in [-0.2, 0) is 14.3 Å². The highest BCUT2D eigenvalue weighted by Gasteiger charge is 2.42. The van der Waals surface area contributed by atoms with E-state index in [1.165, 1.54) is 0 Å². The Morgan fingerprint density at radius 2 is 1.68 bits per heavy atom. The molecule has 1 aliphatic heterocycles. The Balaban J connectivity index is 2.89. The molecule has 10 heteroatoms. The molecule has 0 aromatic carbocycles. The van der Waals surface area contributed by atoms with Crippen LogP contribution in [0.4, 0.5) is 0 Å². The molecule has 40 heavy (non-hydrogen) atoms. The zero-order chi connectivity index (χ0) is 31.2. The van der Waals surface area contributed by atoms with Gasteiger partial charge in [-0.1, -0.05) is 27.2 Å². The van der Waals surface area contributed by atoms with Gasteiger partial charge in [0.05, 0.1) is 41.5 Å². The molecular weight excluding hydrogens is 516 g/mol. The summed E-state index contributed by atoms with van der Waals surface area (Å²) in [6.45, 7) is 15.2. The van der Waals surface area contributed by atoms with Gasteiger partial charge in [-0.05, 0) is 86.9 Å². The van der Waals surface area contributed by atoms with Crippen LogP contribution in [-0.4, -0.2) is 123 Å². The zero-order valence-electron chi connectivity index (χ0n) is 26.9. The quantitative estimate of drug-likeness (QED) is 0.175. The maximum Gasteiger partial charge on any atom is 0.308 e. The number of nitrogens with zero attached hydrogens (tertiary/aromatic N) is 2. The second-order valence-electron chi connectivity index (χ2n) is 13.5. The molecule has 1 aliphatic rings. The lowest BCUT2D eigenvalue weighted by atomic mass is 9.80. The van der Waals surface area contributed by atoms with Crippen LogP contribution in [0.25, 0.3) is 0 Å². The minimum Gasteiger partial charge on any atom is -0.481 e. The predicted molar refractivity (Wildman–Crippen MR) is 156 cm³/mol. The number of carboxylic acids is 1. The molecule has 12 atom stereocenters. The summed E-state index contributed by atoms with van der Waals surface area (Å²) in [5.74, 6) is -2.03. The van der Waals surface area contributed by atoms with Gasteiger partial charge in [-0.2, -0.15) is 0 Å². The molecule has 1 saturated heterocycles. The first-order chi connectivity index (χ1) is 18.2. The summed E-state index contributed by atoms with van der Waals surface area (Å²) in [5.41, 5.74) is -2.26. The smallest absolute Gasteiger partial charge is 0.308 e. The Morgan fingerprint density at radius 1 is 1.10 bits per heavy atom. The van der Waals surface area contributed by atoms with Gasteiger partial charge in [-0.25, -0.2) is 0 Å². The van der Waals surface area contributed by atoms with Crippen molar-refractivity contribution in [2.24, 2.45) is 17.8 Å². The molecule has 0 radical (unpaired) electrons. The molecule has 238 valence electrons. The van der Waals surface area contributed by atoms with Crippen molar-refractivity contribution in [1.29, 1.82) is 0 Å². The Labute approximate surface area is 242 Å². The maximum atomic E-state index is 12.0. The molecule has 0 amide bonds. The third kappa shape index (κ3) is 10.8. The SMILES string of the molecule is CCC[C@@](C)(O)[C@H](O)[C@@H](C)N(C)C[C@H](C)C[C@@](C)(O)C[C@@H](C)C(OC1CC(N(C)C)C(O)C(C)O1)[C@@H](C)C(=O)O. The Hall–Kier alpha value is -0.850. The van der Waals surface area contributed by atoms with Crippen LogP contribution in [0.15, 0.2) is 0 Å². The summed E-state index contributed by atoms with van der Waals surface area (Å²) in [6.07, 6.45) is -0.935. The fraction of sp³-hybridized carbons (Fsp3) is 0.967. The second kappa shape index (κ2) is 15.6. The van der Waals surface area contributed by atoms with E-state index in [-0.39, 0.29) is 23.9 Å². The molecule has 5 unspecified atom stereocenters. The number of carboxylic acid groups (broad SMARTS) is 1. The van der Waals surface area contributed by atoms with Crippen molar-refractivity contribution in [3.8, 4) is 0 Å². The average molecular weight is 577 g/mol. The lowest BCUT2D eigenvalue weighted by Crippen LogP contribution is -2.54. The van der Waals surface area contributed by atoms with E-state index in [9.17, 15) is 30.3 Å². The largest absolute Gasteiger partial charge is 0.481 e. The molecule has 0 saturated carbocycles. The van der Waals surface area contributed by atoms with Crippen LogP contribution in [0.2, 0.25) is 0 Å². The van der Waals surface area contributed by atoms with Gasteiger partial charge in [-0.15, -0.1) is 0 Å². The minimum atomic E-state index is -1.17. The van der Waals surface area contributed by atoms with Gasteiger partial charge in [-0.3, -0.25) is 4.79 Å². The summed E-state index contributed by atoms with van der Waals surface area (Å²) >= 11 is 0. The highest BCUT2D eigenvalue weighted by atomic mass is 16.7. The molecular formula is C30H60N2O8. The van der Waals surface area contributed by atoms with Gasteiger partial charge in [0.25, 0.3) is 0 Å². The standard InChI is InChI=1S/C30H60N2O8/c1-12-13-30(8,38)27(34)21(5)32(11)17-18(2)15-29(7,37)16-19(3)26(20(4)28(35)36)40-24-14-23(31(9)10)25(33)22(6)39-24/h18-27,33-34,37-38H,12-17H2,1-11H3,(H,35,36)/t18-,19-,20-,21-,22?,23?,24?,25?,26?,27-,29-,30-/m1/s1. The normalized spacial score (nSPS) is 29.7. The van der Waals surface area contributed by atoms with Crippen LogP contribution in [0.3, 0.4) is 0 Å². The second-order valence-corrected chi connectivity index (χ2v) is 13.5. The topological polar surface area (TPSA) is 143 Å². The van der Waals surface area contributed by atoms with E-state index in [0.717, 1.165) is 6.42 Å². The van der Waals surface area contributed by atoms with Crippen LogP contribution in [0, 0.1) is 17.8 Å². The van der Waals surface area contributed by atoms with Crippen molar-refractivity contribution < 1.29 is 39.8 Å². The van der Waals surface area contributed by atoms with Gasteiger partial charge in [0, 0.05) is 25.0 Å². The molecule has 1 heterocycles. The summed E-state index contributed by atoms with van der Waals surface area (Å²) in [4.78, 5) is 15.9. The fourth-order valence-electron chi connectivity index (χ4n) is 6.47. The summed E-state index contributed by atoms with van der Waals surface area (Å²) in [5, 5.41) is 53.1. The number of ether oxygens (including phenoxy) is 2. The van der Waals surface area contributed by atoms with Crippen molar-refractivity contribution in [1.82, 2.24) is 9.80 Å². The number of rotatable bonds is 17. The summed E-state index contributed by atoms with van der Waals surface area (Å²) in [7, 11) is 5.67. The van der Waals surface area contributed by atoms with Crippen LogP contribution >= 0.6 is 0 Å². The number of likely N-dealkylation sites (N-methyl/N-ethyl adjacent to an activating group) is 2. The molecule has 0 aliphatic carbocycles. The third-order valence-electron chi connectivity index (χ3n) is 8.79. The molecule has 1 fully saturated rings. The number of aliphatic hydroxyl groups is 4. The van der Waals surface area contributed by atoms with Crippen LogP contribution in [0.5, 0.6) is 0 Å². The van der Waals surface area contributed by atoms with E-state index >= 15 is 0 Å². The van der Waals surface area contributed by atoms with E-state index in [4.69, 9.17) is 9.47 Å². The van der Waals surface area contributed by atoms with Gasteiger partial charge in [0.15, 0.2) is 6.29 Å². The predicted octanol–water partition coefficient (Wildman–Crippen LogP) is 2.55. The lowest BCUT2D eigenvalue weighted by Gasteiger charge is -2.43. The highest BCUT2D eigenvalue weighted by molar-refractivity contribution is 5.70. The van der Waals surface area contributed by atoms with Gasteiger partial charge < -0.3 is 44.8 Å². The van der Waals surface area contributed by atoms with Crippen LogP contribution < -0.4 is 0 Å². The molecule has 0 bridgehead atoms. The molecule has 1 rings (SSSR count). The first kappa shape index (κ1) is 37.2. The number of carbonyl (C=O) groups is 1. The van der Waals surface area contributed by atoms with Crippen molar-refractivity contribution in [2.45, 2.75) is 141 Å². The minimum absolute atomic E-state index is 0.0686. The Bertz CT molecular complexity index is 764. The van der Waals surface area contributed by atoms with E-state index in [1.807, 2.05) is 58.6 Å². The average Bonchev–Trinajstić information content (AvgIpc) is 2.81. The van der Waals surface area contributed by atoms with E-state index < -0.39 is 53.8 Å². The molecule has 0 spiro atoms. The van der Waals surface area contributed by atoms with Gasteiger partial charge >= 0.3 is 5.97 Å². The lowest BCUT2D eigenvalue weighted by molar-refractivity contribution is -0.262. The van der Waals surface area contributed by atoms with E-state index in [0.29, 0.717) is 32.2 Å². The number of aliphatic hydroxyl groups excluding tert-OH is 2. The van der Waals surface area contributed by atoms with Crippen molar-refractivity contribution in [2.75, 3.05) is 27.7 Å². The number of hydrogen-bond donors (Lipinski definition) is 5. The van der Waals surface area contributed by atoms with Gasteiger partial charge in [0.1, 0.15) is 0 Å². The molecule has 0 aromatic rings. The Morgan fingerprint density at radius 3 is 2.17 bits per heavy atom. The third-order valence-corrected chi connectivity index (χ3v) is 8.79. The van der Waals surface area contributed by atoms with E-state index in [2.05, 4.69) is 0 Å². The maximum absolute atomic E-state index is 12.0. The van der Waals surface area contributed by atoms with Crippen LogP contribution in [0.1, 0.15) is 87.5 Å². The first-order valence-corrected chi connectivity index (χ1v) is 14.9. The molecule has 5 N–H and O–H groups in total. The van der Waals surface area contributed by atoms with Crippen molar-refractivity contribution in [3.05, 3.63) is 0 Å². The molecule has 0 aromatic heterocycles. The van der Waals surface area contributed by atoms with Gasteiger partial charge in [0.2, 0.25) is 0 Å². The monoisotopic (exact) mass is 576 g/mol. The van der Waals surface area contributed by atoms with Crippen molar-refractivity contribution in [3.63, 3.8) is 0 Å². The molecule has 10 nitrogen and oxygen atoms in total. The highest BCUT2D eigenvalue weighted by Crippen LogP contribution is 2.33.